The Morgan fingerprint density at radius 2 is 2.26 bits per heavy atom. The van der Waals surface area contributed by atoms with Crippen LogP contribution in [0.15, 0.2) is 6.33 Å². The molecule has 0 spiro atoms. The van der Waals surface area contributed by atoms with Crippen LogP contribution in [0.3, 0.4) is 0 Å². The second kappa shape index (κ2) is 5.83. The summed E-state index contributed by atoms with van der Waals surface area (Å²) >= 11 is 0. The molecule has 1 unspecified atom stereocenters. The van der Waals surface area contributed by atoms with E-state index in [1.54, 1.807) is 13.3 Å². The average molecular weight is 264 g/mol. The zero-order chi connectivity index (χ0) is 13.8. The van der Waals surface area contributed by atoms with Crippen molar-refractivity contribution in [1.29, 1.82) is 0 Å². The smallest absolute Gasteiger partial charge is 0.226 e. The summed E-state index contributed by atoms with van der Waals surface area (Å²) < 4.78 is 0. The summed E-state index contributed by atoms with van der Waals surface area (Å²) in [7, 11) is 1.89. The minimum absolute atomic E-state index is 0.426. The van der Waals surface area contributed by atoms with E-state index in [2.05, 4.69) is 32.2 Å². The summed E-state index contributed by atoms with van der Waals surface area (Å²) in [4.78, 5) is 17.9. The van der Waals surface area contributed by atoms with E-state index in [-0.39, 0.29) is 0 Å². The van der Waals surface area contributed by atoms with Crippen molar-refractivity contribution in [3.8, 4) is 0 Å². The van der Waals surface area contributed by atoms with Crippen LogP contribution in [-0.4, -0.2) is 51.3 Å². The third-order valence-corrected chi connectivity index (χ3v) is 2.70. The largest absolute Gasteiger partial charge is 0.392 e. The highest BCUT2D eigenvalue weighted by Crippen LogP contribution is 2.21. The van der Waals surface area contributed by atoms with Gasteiger partial charge in [-0.2, -0.15) is 9.97 Å². The molecule has 7 heteroatoms. The number of hydrogen-bond acceptors (Lipinski definition) is 6. The standard InChI is InChI=1S/C12H20N6O/c1-4-5-13-12-16-10-9(14-7-15-10)11(17-12)18(3)6-8(2)19/h7-8,19H,4-6H2,1-3H3,(H2,13,14,15,16,17). The van der Waals surface area contributed by atoms with Gasteiger partial charge < -0.3 is 20.3 Å². The van der Waals surface area contributed by atoms with Crippen LogP contribution in [-0.2, 0) is 0 Å². The summed E-state index contributed by atoms with van der Waals surface area (Å²) in [6.07, 6.45) is 2.17. The van der Waals surface area contributed by atoms with E-state index in [9.17, 15) is 5.11 Å². The molecule has 2 rings (SSSR count). The molecule has 2 aromatic rings. The predicted molar refractivity (Wildman–Crippen MR) is 75.4 cm³/mol. The Kier molecular flexibility index (Phi) is 4.16. The topological polar surface area (TPSA) is 90.0 Å². The molecule has 1 atom stereocenters. The average Bonchev–Trinajstić information content (AvgIpc) is 2.82. The molecule has 0 aliphatic heterocycles. The highest BCUT2D eigenvalue weighted by molar-refractivity contribution is 5.84. The molecule has 0 radical (unpaired) electrons. The van der Waals surface area contributed by atoms with E-state index in [4.69, 9.17) is 0 Å². The van der Waals surface area contributed by atoms with Crippen molar-refractivity contribution in [3.63, 3.8) is 0 Å². The molecule has 0 saturated heterocycles. The van der Waals surface area contributed by atoms with Gasteiger partial charge in [0.05, 0.1) is 12.4 Å². The zero-order valence-electron chi connectivity index (χ0n) is 11.5. The number of aromatic nitrogens is 4. The Balaban J connectivity index is 2.36. The predicted octanol–water partition coefficient (Wildman–Crippen LogP) is 0.992. The highest BCUT2D eigenvalue weighted by atomic mass is 16.3. The van der Waals surface area contributed by atoms with E-state index in [1.807, 2.05) is 11.9 Å². The number of rotatable bonds is 6. The van der Waals surface area contributed by atoms with Crippen molar-refractivity contribution in [2.24, 2.45) is 0 Å². The van der Waals surface area contributed by atoms with Gasteiger partial charge >= 0.3 is 0 Å². The molecule has 0 aromatic carbocycles. The van der Waals surface area contributed by atoms with Crippen LogP contribution in [0.5, 0.6) is 0 Å². The number of nitrogens with one attached hydrogen (secondary N) is 2. The molecule has 0 bridgehead atoms. The summed E-state index contributed by atoms with van der Waals surface area (Å²) in [5.41, 5.74) is 1.41. The van der Waals surface area contributed by atoms with E-state index in [0.717, 1.165) is 24.3 Å². The lowest BCUT2D eigenvalue weighted by atomic mass is 10.3. The Morgan fingerprint density at radius 3 is 2.95 bits per heavy atom. The van der Waals surface area contributed by atoms with Gasteiger partial charge in [0.1, 0.15) is 5.52 Å². The third kappa shape index (κ3) is 3.11. The summed E-state index contributed by atoms with van der Waals surface area (Å²) in [5.74, 6) is 1.30. The minimum Gasteiger partial charge on any atom is -0.392 e. The Labute approximate surface area is 112 Å². The highest BCUT2D eigenvalue weighted by Gasteiger charge is 2.14. The van der Waals surface area contributed by atoms with Crippen LogP contribution in [0.25, 0.3) is 11.2 Å². The molecule has 19 heavy (non-hydrogen) atoms. The SMILES string of the molecule is CCCNc1nc(N(C)CC(C)O)c2[nH]cnc2n1. The first-order valence-corrected chi connectivity index (χ1v) is 6.46. The van der Waals surface area contributed by atoms with Gasteiger partial charge in [0.25, 0.3) is 0 Å². The molecular formula is C12H20N6O. The first-order chi connectivity index (χ1) is 9.11. The quantitative estimate of drug-likeness (QED) is 0.721. The Morgan fingerprint density at radius 1 is 1.47 bits per heavy atom. The van der Waals surface area contributed by atoms with Gasteiger partial charge in [-0.1, -0.05) is 6.92 Å². The van der Waals surface area contributed by atoms with Crippen LogP contribution in [0, 0.1) is 0 Å². The molecule has 0 amide bonds. The zero-order valence-corrected chi connectivity index (χ0v) is 11.5. The molecule has 0 fully saturated rings. The van der Waals surface area contributed by atoms with Crippen molar-refractivity contribution in [1.82, 2.24) is 19.9 Å². The Hall–Kier alpha value is -1.89. The maximum Gasteiger partial charge on any atom is 0.226 e. The fourth-order valence-electron chi connectivity index (χ4n) is 1.89. The van der Waals surface area contributed by atoms with Gasteiger partial charge in [0, 0.05) is 20.1 Å². The van der Waals surface area contributed by atoms with Gasteiger partial charge in [-0.15, -0.1) is 0 Å². The van der Waals surface area contributed by atoms with Crippen LogP contribution in [0.4, 0.5) is 11.8 Å². The van der Waals surface area contributed by atoms with E-state index in [0.29, 0.717) is 18.1 Å². The Bertz CT molecular complexity index is 538. The molecule has 0 aliphatic carbocycles. The molecule has 0 saturated carbocycles. The number of aromatic amines is 1. The number of anilines is 2. The summed E-state index contributed by atoms with van der Waals surface area (Å²) in [6.45, 7) is 5.15. The maximum absolute atomic E-state index is 9.49. The lowest BCUT2D eigenvalue weighted by Crippen LogP contribution is -2.28. The molecule has 0 aliphatic rings. The number of H-pyrrole nitrogens is 1. The number of aliphatic hydroxyl groups excluding tert-OH is 1. The van der Waals surface area contributed by atoms with Crippen molar-refractivity contribution in [3.05, 3.63) is 6.33 Å². The summed E-state index contributed by atoms with van der Waals surface area (Å²) in [5, 5.41) is 12.7. The normalized spacial score (nSPS) is 12.6. The molecule has 2 aromatic heterocycles. The number of hydrogen-bond donors (Lipinski definition) is 3. The summed E-state index contributed by atoms with van der Waals surface area (Å²) in [6, 6.07) is 0. The van der Waals surface area contributed by atoms with Gasteiger partial charge in [-0.05, 0) is 13.3 Å². The molecular weight excluding hydrogens is 244 g/mol. The molecule has 104 valence electrons. The number of imidazole rings is 1. The molecule has 7 nitrogen and oxygen atoms in total. The van der Waals surface area contributed by atoms with Crippen molar-refractivity contribution in [2.75, 3.05) is 30.4 Å². The number of likely N-dealkylation sites (N-methyl/N-ethyl adjacent to an activating group) is 1. The molecule has 2 heterocycles. The third-order valence-electron chi connectivity index (χ3n) is 2.70. The van der Waals surface area contributed by atoms with Crippen molar-refractivity contribution in [2.45, 2.75) is 26.4 Å². The first-order valence-electron chi connectivity index (χ1n) is 6.46. The monoisotopic (exact) mass is 264 g/mol. The second-order valence-corrected chi connectivity index (χ2v) is 4.63. The number of fused-ring (bicyclic) bond motifs is 1. The van der Waals surface area contributed by atoms with Crippen LogP contribution in [0.2, 0.25) is 0 Å². The second-order valence-electron chi connectivity index (χ2n) is 4.63. The number of nitrogens with zero attached hydrogens (tertiary/aromatic N) is 4. The van der Waals surface area contributed by atoms with E-state index < -0.39 is 6.10 Å². The fourth-order valence-corrected chi connectivity index (χ4v) is 1.89. The maximum atomic E-state index is 9.49. The van der Waals surface area contributed by atoms with Crippen LogP contribution in [0.1, 0.15) is 20.3 Å². The minimum atomic E-state index is -0.426. The first kappa shape index (κ1) is 13.5. The van der Waals surface area contributed by atoms with Crippen LogP contribution < -0.4 is 10.2 Å². The van der Waals surface area contributed by atoms with Crippen molar-refractivity contribution >= 4 is 22.9 Å². The van der Waals surface area contributed by atoms with Gasteiger partial charge in [0.15, 0.2) is 11.5 Å². The van der Waals surface area contributed by atoms with E-state index >= 15 is 0 Å². The molecule has 3 N–H and O–H groups in total. The fraction of sp³-hybridized carbons (Fsp3) is 0.583. The lowest BCUT2D eigenvalue weighted by Gasteiger charge is -2.20. The lowest BCUT2D eigenvalue weighted by molar-refractivity contribution is 0.201. The van der Waals surface area contributed by atoms with Gasteiger partial charge in [-0.25, -0.2) is 4.98 Å². The van der Waals surface area contributed by atoms with Crippen molar-refractivity contribution < 1.29 is 5.11 Å². The number of aliphatic hydroxyl groups is 1. The van der Waals surface area contributed by atoms with E-state index in [1.165, 1.54) is 0 Å². The van der Waals surface area contributed by atoms with Gasteiger partial charge in [-0.3, -0.25) is 0 Å². The van der Waals surface area contributed by atoms with Gasteiger partial charge in [0.2, 0.25) is 5.95 Å². The van der Waals surface area contributed by atoms with Crippen LogP contribution >= 0.6 is 0 Å².